The third-order valence-corrected chi connectivity index (χ3v) is 3.70. The maximum Gasteiger partial charge on any atom is 0.0544 e. The Hall–Kier alpha value is -0.490. The lowest BCUT2D eigenvalue weighted by Gasteiger charge is -2.29. The number of rotatable bonds is 5. The number of hydrogen-bond donors (Lipinski definition) is 1. The number of nitrogens with one attached hydrogen (secondary N) is 1. The first-order valence-electron chi connectivity index (χ1n) is 6.46. The van der Waals surface area contributed by atoms with Crippen LogP contribution in [0.1, 0.15) is 5.69 Å². The summed E-state index contributed by atoms with van der Waals surface area (Å²) in [6.07, 6.45) is 1.86. The average Bonchev–Trinajstić information content (AvgIpc) is 2.40. The van der Waals surface area contributed by atoms with Crippen LogP contribution in [0.25, 0.3) is 0 Å². The number of likely N-dealkylation sites (N-methyl/N-ethyl adjacent to an activating group) is 1. The lowest BCUT2D eigenvalue weighted by Crippen LogP contribution is -2.45. The first kappa shape index (κ1) is 13.9. The van der Waals surface area contributed by atoms with Crippen LogP contribution in [-0.4, -0.2) is 61.1 Å². The molecule has 2 heterocycles. The van der Waals surface area contributed by atoms with Crippen LogP contribution < -0.4 is 5.32 Å². The zero-order chi connectivity index (χ0) is 12.8. The molecule has 0 bridgehead atoms. The van der Waals surface area contributed by atoms with Gasteiger partial charge in [0.2, 0.25) is 0 Å². The SMILES string of the molecule is CN(CCN1CCNCC1)Cc1ccc(Br)cn1. The topological polar surface area (TPSA) is 31.4 Å². The number of hydrogen-bond acceptors (Lipinski definition) is 4. The Balaban J connectivity index is 1.71. The van der Waals surface area contributed by atoms with Crippen molar-refractivity contribution in [2.75, 3.05) is 46.3 Å². The molecule has 1 aliphatic heterocycles. The van der Waals surface area contributed by atoms with Crippen molar-refractivity contribution in [2.45, 2.75) is 6.54 Å². The minimum absolute atomic E-state index is 0.916. The minimum atomic E-state index is 0.916. The summed E-state index contributed by atoms with van der Waals surface area (Å²) >= 11 is 3.41. The lowest BCUT2D eigenvalue weighted by atomic mass is 10.3. The van der Waals surface area contributed by atoms with Crippen LogP contribution in [0.5, 0.6) is 0 Å². The van der Waals surface area contributed by atoms with Crippen LogP contribution in [0, 0.1) is 0 Å². The molecular formula is C13H21BrN4. The van der Waals surface area contributed by atoms with Gasteiger partial charge in [-0.25, -0.2) is 0 Å². The molecular weight excluding hydrogens is 292 g/mol. The van der Waals surface area contributed by atoms with Gasteiger partial charge in [0.25, 0.3) is 0 Å². The summed E-state index contributed by atoms with van der Waals surface area (Å²) in [5, 5.41) is 3.38. The highest BCUT2D eigenvalue weighted by atomic mass is 79.9. The molecule has 5 heteroatoms. The van der Waals surface area contributed by atoms with Gasteiger partial charge in [-0.05, 0) is 35.1 Å². The Morgan fingerprint density at radius 3 is 2.83 bits per heavy atom. The van der Waals surface area contributed by atoms with Crippen LogP contribution in [0.4, 0.5) is 0 Å². The van der Waals surface area contributed by atoms with Gasteiger partial charge < -0.3 is 5.32 Å². The number of pyridine rings is 1. The van der Waals surface area contributed by atoms with Crippen LogP contribution in [0.2, 0.25) is 0 Å². The Bertz CT molecular complexity index is 349. The molecule has 18 heavy (non-hydrogen) atoms. The summed E-state index contributed by atoms with van der Waals surface area (Å²) in [5.74, 6) is 0. The quantitative estimate of drug-likeness (QED) is 0.885. The van der Waals surface area contributed by atoms with E-state index in [9.17, 15) is 0 Å². The van der Waals surface area contributed by atoms with Crippen molar-refractivity contribution in [3.8, 4) is 0 Å². The third kappa shape index (κ3) is 4.65. The van der Waals surface area contributed by atoms with Gasteiger partial charge in [0, 0.05) is 56.5 Å². The van der Waals surface area contributed by atoms with Crippen LogP contribution >= 0.6 is 15.9 Å². The molecule has 1 aliphatic rings. The van der Waals surface area contributed by atoms with E-state index in [-0.39, 0.29) is 0 Å². The van der Waals surface area contributed by atoms with E-state index in [1.807, 2.05) is 12.3 Å². The lowest BCUT2D eigenvalue weighted by molar-refractivity contribution is 0.201. The number of nitrogens with zero attached hydrogens (tertiary/aromatic N) is 3. The summed E-state index contributed by atoms with van der Waals surface area (Å²) in [5.41, 5.74) is 1.13. The van der Waals surface area contributed by atoms with Crippen molar-refractivity contribution in [2.24, 2.45) is 0 Å². The Morgan fingerprint density at radius 2 is 2.17 bits per heavy atom. The third-order valence-electron chi connectivity index (χ3n) is 3.23. The van der Waals surface area contributed by atoms with E-state index < -0.39 is 0 Å². The molecule has 0 spiro atoms. The molecule has 1 aromatic heterocycles. The van der Waals surface area contributed by atoms with Crippen molar-refractivity contribution < 1.29 is 0 Å². The second-order valence-electron chi connectivity index (χ2n) is 4.80. The zero-order valence-corrected chi connectivity index (χ0v) is 12.5. The molecule has 0 saturated carbocycles. The fraction of sp³-hybridized carbons (Fsp3) is 0.615. The van der Waals surface area contributed by atoms with E-state index in [1.165, 1.54) is 13.1 Å². The summed E-state index contributed by atoms with van der Waals surface area (Å²) in [7, 11) is 2.16. The molecule has 0 amide bonds. The molecule has 1 saturated heterocycles. The molecule has 100 valence electrons. The summed E-state index contributed by atoms with van der Waals surface area (Å²) in [6, 6.07) is 4.12. The van der Waals surface area contributed by atoms with E-state index in [0.717, 1.165) is 42.9 Å². The predicted molar refractivity (Wildman–Crippen MR) is 77.6 cm³/mol. The Morgan fingerprint density at radius 1 is 1.39 bits per heavy atom. The molecule has 0 aliphatic carbocycles. The highest BCUT2D eigenvalue weighted by Crippen LogP contribution is 2.08. The van der Waals surface area contributed by atoms with E-state index in [4.69, 9.17) is 0 Å². The molecule has 2 rings (SSSR count). The van der Waals surface area contributed by atoms with Crippen molar-refractivity contribution in [1.29, 1.82) is 0 Å². The van der Waals surface area contributed by atoms with Crippen LogP contribution in [0.15, 0.2) is 22.8 Å². The molecule has 0 aromatic carbocycles. The summed E-state index contributed by atoms with van der Waals surface area (Å²) in [6.45, 7) is 7.75. The molecule has 1 fully saturated rings. The second-order valence-corrected chi connectivity index (χ2v) is 5.71. The van der Waals surface area contributed by atoms with Gasteiger partial charge in [-0.1, -0.05) is 0 Å². The predicted octanol–water partition coefficient (Wildman–Crippen LogP) is 1.18. The van der Waals surface area contributed by atoms with Crippen LogP contribution in [0.3, 0.4) is 0 Å². The minimum Gasteiger partial charge on any atom is -0.314 e. The van der Waals surface area contributed by atoms with Crippen LogP contribution in [-0.2, 0) is 6.54 Å². The number of piperazine rings is 1. The maximum atomic E-state index is 4.40. The van der Waals surface area contributed by atoms with Gasteiger partial charge in [-0.3, -0.25) is 14.8 Å². The fourth-order valence-electron chi connectivity index (χ4n) is 2.10. The molecule has 1 aromatic rings. The van der Waals surface area contributed by atoms with Gasteiger partial charge >= 0.3 is 0 Å². The molecule has 4 nitrogen and oxygen atoms in total. The van der Waals surface area contributed by atoms with E-state index >= 15 is 0 Å². The fourth-order valence-corrected chi connectivity index (χ4v) is 2.34. The molecule has 0 radical (unpaired) electrons. The summed E-state index contributed by atoms with van der Waals surface area (Å²) < 4.78 is 1.04. The standard InChI is InChI=1S/C13H21BrN4/c1-17(8-9-18-6-4-15-5-7-18)11-13-3-2-12(14)10-16-13/h2-3,10,15H,4-9,11H2,1H3. The molecule has 0 unspecified atom stereocenters. The highest BCUT2D eigenvalue weighted by Gasteiger charge is 2.10. The van der Waals surface area contributed by atoms with Gasteiger partial charge in [0.05, 0.1) is 5.69 Å². The Labute approximate surface area is 118 Å². The first-order chi connectivity index (χ1) is 8.74. The normalized spacial score (nSPS) is 17.3. The number of aromatic nitrogens is 1. The van der Waals surface area contributed by atoms with Gasteiger partial charge in [0.15, 0.2) is 0 Å². The summed E-state index contributed by atoms with van der Waals surface area (Å²) in [4.78, 5) is 9.25. The maximum absolute atomic E-state index is 4.40. The molecule has 1 N–H and O–H groups in total. The van der Waals surface area contributed by atoms with Gasteiger partial charge in [0.1, 0.15) is 0 Å². The van der Waals surface area contributed by atoms with Crippen molar-refractivity contribution >= 4 is 15.9 Å². The second kappa shape index (κ2) is 7.19. The molecule has 0 atom stereocenters. The van der Waals surface area contributed by atoms with Gasteiger partial charge in [-0.2, -0.15) is 0 Å². The van der Waals surface area contributed by atoms with E-state index in [0.29, 0.717) is 0 Å². The number of halogens is 1. The van der Waals surface area contributed by atoms with Crippen molar-refractivity contribution in [1.82, 2.24) is 20.1 Å². The van der Waals surface area contributed by atoms with Gasteiger partial charge in [-0.15, -0.1) is 0 Å². The first-order valence-corrected chi connectivity index (χ1v) is 7.25. The van der Waals surface area contributed by atoms with E-state index in [1.54, 1.807) is 0 Å². The Kier molecular flexibility index (Phi) is 5.56. The highest BCUT2D eigenvalue weighted by molar-refractivity contribution is 9.10. The average molecular weight is 313 g/mol. The van der Waals surface area contributed by atoms with Crippen molar-refractivity contribution in [3.05, 3.63) is 28.5 Å². The monoisotopic (exact) mass is 312 g/mol. The zero-order valence-electron chi connectivity index (χ0n) is 10.9. The largest absolute Gasteiger partial charge is 0.314 e. The van der Waals surface area contributed by atoms with Crippen molar-refractivity contribution in [3.63, 3.8) is 0 Å². The smallest absolute Gasteiger partial charge is 0.0544 e. The van der Waals surface area contributed by atoms with E-state index in [2.05, 4.69) is 49.1 Å².